The molecule has 2 aromatic rings. The van der Waals surface area contributed by atoms with Gasteiger partial charge in [0.15, 0.2) is 6.61 Å². The molecule has 1 amide bonds. The first-order valence-electron chi connectivity index (χ1n) is 7.55. The van der Waals surface area contributed by atoms with E-state index in [1.54, 1.807) is 31.2 Å². The molecule has 0 radical (unpaired) electrons. The van der Waals surface area contributed by atoms with Gasteiger partial charge < -0.3 is 14.6 Å². The highest BCUT2D eigenvalue weighted by atomic mass is 35.5. The van der Waals surface area contributed by atoms with Gasteiger partial charge >= 0.3 is 5.97 Å². The lowest BCUT2D eigenvalue weighted by Gasteiger charge is -2.08. The third-order valence-corrected chi connectivity index (χ3v) is 3.57. The highest BCUT2D eigenvalue weighted by Gasteiger charge is 2.24. The predicted molar refractivity (Wildman–Crippen MR) is 89.8 cm³/mol. The number of rotatable bonds is 6. The monoisotopic (exact) mass is 350 g/mol. The first kappa shape index (κ1) is 18.0. The molecule has 7 heteroatoms. The van der Waals surface area contributed by atoms with Gasteiger partial charge in [-0.2, -0.15) is 0 Å². The van der Waals surface area contributed by atoms with Crippen LogP contribution in [0.15, 0.2) is 28.8 Å². The molecule has 0 fully saturated rings. The Kier molecular flexibility index (Phi) is 5.98. The summed E-state index contributed by atoms with van der Waals surface area (Å²) in [6, 6.07) is 6.97. The first-order chi connectivity index (χ1) is 11.4. The number of carbonyl (C=O) groups excluding carboxylic acids is 2. The van der Waals surface area contributed by atoms with Crippen molar-refractivity contribution in [2.45, 2.75) is 20.8 Å². The molecule has 0 aliphatic carbocycles. The van der Waals surface area contributed by atoms with Gasteiger partial charge in [-0.25, -0.2) is 4.79 Å². The van der Waals surface area contributed by atoms with Gasteiger partial charge in [0.25, 0.3) is 5.91 Å². The molecule has 0 atom stereocenters. The average Bonchev–Trinajstić information content (AvgIpc) is 2.92. The zero-order valence-electron chi connectivity index (χ0n) is 13.8. The number of hydrogen-bond acceptors (Lipinski definition) is 5. The van der Waals surface area contributed by atoms with E-state index < -0.39 is 5.97 Å². The largest absolute Gasteiger partial charge is 0.452 e. The van der Waals surface area contributed by atoms with Gasteiger partial charge in [-0.1, -0.05) is 48.8 Å². The summed E-state index contributed by atoms with van der Waals surface area (Å²) < 4.78 is 10.2. The van der Waals surface area contributed by atoms with Gasteiger partial charge in [0, 0.05) is 12.1 Å². The molecular formula is C17H19ClN2O4. The zero-order chi connectivity index (χ0) is 17.7. The molecule has 1 aromatic heterocycles. The van der Waals surface area contributed by atoms with E-state index >= 15 is 0 Å². The van der Waals surface area contributed by atoms with Crippen molar-refractivity contribution in [1.29, 1.82) is 0 Å². The number of nitrogens with one attached hydrogen (secondary N) is 1. The van der Waals surface area contributed by atoms with Gasteiger partial charge in [0.1, 0.15) is 17.0 Å². The van der Waals surface area contributed by atoms with Crippen LogP contribution in [0.5, 0.6) is 0 Å². The van der Waals surface area contributed by atoms with E-state index in [4.69, 9.17) is 20.9 Å². The van der Waals surface area contributed by atoms with Gasteiger partial charge in [-0.3, -0.25) is 4.79 Å². The molecule has 0 saturated carbocycles. The molecule has 128 valence electrons. The number of esters is 1. The predicted octanol–water partition coefficient (Wildman–Crippen LogP) is 3.23. The maximum atomic E-state index is 12.3. The zero-order valence-corrected chi connectivity index (χ0v) is 14.5. The lowest BCUT2D eigenvalue weighted by atomic mass is 10.1. The van der Waals surface area contributed by atoms with Crippen LogP contribution < -0.4 is 5.32 Å². The number of nitrogens with zero attached hydrogens (tertiary/aromatic N) is 1. The van der Waals surface area contributed by atoms with Crippen molar-refractivity contribution in [2.24, 2.45) is 5.92 Å². The minimum atomic E-state index is -0.677. The van der Waals surface area contributed by atoms with E-state index in [1.165, 1.54) is 0 Å². The Morgan fingerprint density at radius 2 is 2.04 bits per heavy atom. The van der Waals surface area contributed by atoms with Crippen molar-refractivity contribution in [3.8, 4) is 11.3 Å². The second-order valence-electron chi connectivity index (χ2n) is 5.72. The van der Waals surface area contributed by atoms with Crippen molar-refractivity contribution >= 4 is 23.5 Å². The number of halogens is 1. The standard InChI is InChI=1S/C17H19ClN2O4/c1-10(2)8-19-14(21)9-23-17(22)15-11(3)24-20-16(15)12-6-4-5-7-13(12)18/h4-7,10H,8-9H2,1-3H3,(H,19,21). The van der Waals surface area contributed by atoms with Crippen molar-refractivity contribution in [2.75, 3.05) is 13.2 Å². The molecule has 6 nitrogen and oxygen atoms in total. The number of benzene rings is 1. The molecule has 1 aromatic carbocycles. The summed E-state index contributed by atoms with van der Waals surface area (Å²) in [4.78, 5) is 24.0. The van der Waals surface area contributed by atoms with Crippen LogP contribution in [-0.4, -0.2) is 30.2 Å². The van der Waals surface area contributed by atoms with Crippen LogP contribution in [0.4, 0.5) is 0 Å². The summed E-state index contributed by atoms with van der Waals surface area (Å²) in [5.41, 5.74) is 1.03. The number of carbonyl (C=O) groups is 2. The minimum Gasteiger partial charge on any atom is -0.452 e. The summed E-state index contributed by atoms with van der Waals surface area (Å²) in [6.45, 7) is 5.71. The smallest absolute Gasteiger partial charge is 0.344 e. The van der Waals surface area contributed by atoms with E-state index in [0.717, 1.165) is 0 Å². The van der Waals surface area contributed by atoms with Crippen molar-refractivity contribution < 1.29 is 18.8 Å². The summed E-state index contributed by atoms with van der Waals surface area (Å²) in [7, 11) is 0. The summed E-state index contributed by atoms with van der Waals surface area (Å²) in [5, 5.41) is 7.01. The normalized spacial score (nSPS) is 10.7. The Bertz CT molecular complexity index is 740. The minimum absolute atomic E-state index is 0.166. The Morgan fingerprint density at radius 1 is 1.33 bits per heavy atom. The molecule has 1 N–H and O–H groups in total. The van der Waals surface area contributed by atoms with Crippen molar-refractivity contribution in [1.82, 2.24) is 10.5 Å². The SMILES string of the molecule is Cc1onc(-c2ccccc2Cl)c1C(=O)OCC(=O)NCC(C)C. The van der Waals surface area contributed by atoms with Gasteiger partial charge in [0.2, 0.25) is 0 Å². The van der Waals surface area contributed by atoms with Gasteiger partial charge in [0.05, 0.1) is 5.02 Å². The lowest BCUT2D eigenvalue weighted by Crippen LogP contribution is -2.31. The molecule has 0 aliphatic rings. The van der Waals surface area contributed by atoms with Crippen LogP contribution in [-0.2, 0) is 9.53 Å². The maximum absolute atomic E-state index is 12.3. The quantitative estimate of drug-likeness (QED) is 0.809. The summed E-state index contributed by atoms with van der Waals surface area (Å²) >= 11 is 6.15. The Labute approximate surface area is 145 Å². The average molecular weight is 351 g/mol. The summed E-state index contributed by atoms with van der Waals surface area (Å²) in [5.74, 6) is -0.414. The molecule has 0 saturated heterocycles. The number of amides is 1. The van der Waals surface area contributed by atoms with E-state index in [9.17, 15) is 9.59 Å². The number of ether oxygens (including phenoxy) is 1. The van der Waals surface area contributed by atoms with Crippen LogP contribution in [0, 0.1) is 12.8 Å². The topological polar surface area (TPSA) is 81.4 Å². The van der Waals surface area contributed by atoms with E-state index in [-0.39, 0.29) is 18.1 Å². The van der Waals surface area contributed by atoms with E-state index in [0.29, 0.717) is 34.5 Å². The Balaban J connectivity index is 2.12. The fourth-order valence-electron chi connectivity index (χ4n) is 2.02. The second-order valence-corrected chi connectivity index (χ2v) is 6.12. The number of aryl methyl sites for hydroxylation is 1. The molecule has 2 rings (SSSR count). The van der Waals surface area contributed by atoms with Crippen LogP contribution in [0.1, 0.15) is 30.0 Å². The lowest BCUT2D eigenvalue weighted by molar-refractivity contribution is -0.124. The Morgan fingerprint density at radius 3 is 2.71 bits per heavy atom. The molecular weight excluding hydrogens is 332 g/mol. The van der Waals surface area contributed by atoms with Crippen LogP contribution in [0.3, 0.4) is 0 Å². The third-order valence-electron chi connectivity index (χ3n) is 3.24. The van der Waals surface area contributed by atoms with E-state index in [1.807, 2.05) is 13.8 Å². The fourth-order valence-corrected chi connectivity index (χ4v) is 2.25. The number of hydrogen-bond donors (Lipinski definition) is 1. The van der Waals surface area contributed by atoms with Gasteiger partial charge in [-0.05, 0) is 18.9 Å². The maximum Gasteiger partial charge on any atom is 0.344 e. The highest BCUT2D eigenvalue weighted by Crippen LogP contribution is 2.31. The van der Waals surface area contributed by atoms with Crippen LogP contribution in [0.2, 0.25) is 5.02 Å². The molecule has 24 heavy (non-hydrogen) atoms. The molecule has 1 heterocycles. The molecule has 0 unspecified atom stereocenters. The molecule has 0 bridgehead atoms. The van der Waals surface area contributed by atoms with Gasteiger partial charge in [-0.15, -0.1) is 0 Å². The van der Waals surface area contributed by atoms with Crippen molar-refractivity contribution in [3.05, 3.63) is 40.6 Å². The molecule has 0 spiro atoms. The van der Waals surface area contributed by atoms with Crippen LogP contribution >= 0.6 is 11.6 Å². The fraction of sp³-hybridized carbons (Fsp3) is 0.353. The van der Waals surface area contributed by atoms with Crippen molar-refractivity contribution in [3.63, 3.8) is 0 Å². The Hall–Kier alpha value is -2.34. The number of aromatic nitrogens is 1. The van der Waals surface area contributed by atoms with E-state index in [2.05, 4.69) is 10.5 Å². The van der Waals surface area contributed by atoms with Crippen LogP contribution in [0.25, 0.3) is 11.3 Å². The second kappa shape index (κ2) is 7.97. The molecule has 0 aliphatic heterocycles. The highest BCUT2D eigenvalue weighted by molar-refractivity contribution is 6.33. The first-order valence-corrected chi connectivity index (χ1v) is 7.93. The third kappa shape index (κ3) is 4.35. The summed E-state index contributed by atoms with van der Waals surface area (Å²) in [6.07, 6.45) is 0.